The predicted molar refractivity (Wildman–Crippen MR) is 145 cm³/mol. The molecule has 196 valence electrons. The van der Waals surface area contributed by atoms with Gasteiger partial charge in [0.15, 0.2) is 5.82 Å². The zero-order valence-corrected chi connectivity index (χ0v) is 22.1. The molecule has 0 aliphatic carbocycles. The number of hydrogen-bond donors (Lipinski definition) is 1. The summed E-state index contributed by atoms with van der Waals surface area (Å²) in [5.41, 5.74) is 2.19. The molecule has 5 aromatic rings. The van der Waals surface area contributed by atoms with Gasteiger partial charge in [0.1, 0.15) is 18.1 Å². The number of ether oxygens (including phenoxy) is 1. The molecule has 10 heteroatoms. The van der Waals surface area contributed by atoms with Gasteiger partial charge in [-0.1, -0.05) is 36.7 Å². The lowest BCUT2D eigenvalue weighted by atomic mass is 10.1. The highest BCUT2D eigenvalue weighted by atomic mass is 35.5. The summed E-state index contributed by atoms with van der Waals surface area (Å²) in [5.74, 6) is 2.20. The van der Waals surface area contributed by atoms with Gasteiger partial charge in [-0.05, 0) is 71.8 Å². The maximum absolute atomic E-state index is 13.2. The lowest BCUT2D eigenvalue weighted by Crippen LogP contribution is -2.32. The van der Waals surface area contributed by atoms with Crippen molar-refractivity contribution in [2.45, 2.75) is 45.9 Å². The quantitative estimate of drug-likeness (QED) is 0.244. The van der Waals surface area contributed by atoms with E-state index in [1.807, 2.05) is 67.6 Å². The minimum Gasteiger partial charge on any atom is -0.494 e. The first-order valence-electron chi connectivity index (χ1n) is 12.6. The van der Waals surface area contributed by atoms with Gasteiger partial charge in [0, 0.05) is 34.6 Å². The Morgan fingerprint density at radius 1 is 1.08 bits per heavy atom. The van der Waals surface area contributed by atoms with E-state index in [1.165, 1.54) is 0 Å². The standard InChI is InChI=1S/C28H29ClN6O3/c1-3-26(27-31-32-33-35(27)18-23-9-7-13-38-23)34(16-19-8-5-6-10-24(19)29)17-21-14-20-15-22(37-4-2)11-12-25(20)30-28(21)36/h5-15,26H,3-4,16-18H2,1-2H3,(H,30,36)/t26-/m0/s1. The second-order valence-corrected chi connectivity index (χ2v) is 9.41. The average molecular weight is 533 g/mol. The lowest BCUT2D eigenvalue weighted by Gasteiger charge is -2.30. The number of aromatic nitrogens is 5. The minimum atomic E-state index is -0.193. The average Bonchev–Trinajstić information content (AvgIpc) is 3.59. The Morgan fingerprint density at radius 2 is 1.92 bits per heavy atom. The van der Waals surface area contributed by atoms with E-state index in [0.29, 0.717) is 49.1 Å². The van der Waals surface area contributed by atoms with E-state index >= 15 is 0 Å². The van der Waals surface area contributed by atoms with Crippen molar-refractivity contribution in [2.24, 2.45) is 0 Å². The Morgan fingerprint density at radius 3 is 2.68 bits per heavy atom. The van der Waals surface area contributed by atoms with Crippen LogP contribution in [0.5, 0.6) is 5.75 Å². The first-order valence-corrected chi connectivity index (χ1v) is 13.0. The van der Waals surface area contributed by atoms with E-state index < -0.39 is 0 Å². The van der Waals surface area contributed by atoms with Gasteiger partial charge in [-0.3, -0.25) is 9.69 Å². The molecule has 1 atom stereocenters. The van der Waals surface area contributed by atoms with Crippen molar-refractivity contribution in [3.63, 3.8) is 0 Å². The van der Waals surface area contributed by atoms with Gasteiger partial charge in [0.05, 0.1) is 18.9 Å². The number of benzene rings is 2. The fraction of sp³-hybridized carbons (Fsp3) is 0.286. The summed E-state index contributed by atoms with van der Waals surface area (Å²) in [6.07, 6.45) is 2.34. The fourth-order valence-corrected chi connectivity index (χ4v) is 4.86. The Labute approximate surface area is 225 Å². The van der Waals surface area contributed by atoms with Crippen LogP contribution >= 0.6 is 11.6 Å². The van der Waals surface area contributed by atoms with Crippen LogP contribution in [-0.4, -0.2) is 36.7 Å². The molecule has 3 heterocycles. The Bertz CT molecular complexity index is 1560. The first kappa shape index (κ1) is 25.7. The molecule has 0 aliphatic rings. The molecule has 0 saturated carbocycles. The second kappa shape index (κ2) is 11.6. The van der Waals surface area contributed by atoms with Crippen LogP contribution in [0.15, 0.2) is 76.1 Å². The lowest BCUT2D eigenvalue weighted by molar-refractivity contribution is 0.161. The number of hydrogen-bond acceptors (Lipinski definition) is 7. The highest BCUT2D eigenvalue weighted by molar-refractivity contribution is 6.31. The van der Waals surface area contributed by atoms with Crippen molar-refractivity contribution in [3.05, 3.63) is 105 Å². The largest absolute Gasteiger partial charge is 0.494 e. The molecular weight excluding hydrogens is 504 g/mol. The molecule has 0 saturated heterocycles. The van der Waals surface area contributed by atoms with Gasteiger partial charge in [0.25, 0.3) is 5.56 Å². The maximum atomic E-state index is 13.2. The molecule has 3 aromatic heterocycles. The molecule has 5 rings (SSSR count). The van der Waals surface area contributed by atoms with Gasteiger partial charge in [-0.25, -0.2) is 4.68 Å². The van der Waals surface area contributed by atoms with Gasteiger partial charge >= 0.3 is 0 Å². The molecule has 9 nitrogen and oxygen atoms in total. The normalized spacial score (nSPS) is 12.3. The molecule has 0 amide bonds. The molecule has 0 spiro atoms. The van der Waals surface area contributed by atoms with E-state index in [4.69, 9.17) is 20.8 Å². The summed E-state index contributed by atoms with van der Waals surface area (Å²) in [6, 6.07) is 18.8. The summed E-state index contributed by atoms with van der Waals surface area (Å²) in [7, 11) is 0. The Kier molecular flexibility index (Phi) is 7.86. The van der Waals surface area contributed by atoms with Crippen molar-refractivity contribution in [1.29, 1.82) is 0 Å². The first-order chi connectivity index (χ1) is 18.6. The molecule has 2 aromatic carbocycles. The topological polar surface area (TPSA) is 102 Å². The smallest absolute Gasteiger partial charge is 0.252 e. The number of furan rings is 1. The number of pyridine rings is 1. The number of nitrogens with one attached hydrogen (secondary N) is 1. The van der Waals surface area contributed by atoms with Crippen LogP contribution in [0.3, 0.4) is 0 Å². The number of nitrogens with zero attached hydrogens (tertiary/aromatic N) is 5. The van der Waals surface area contributed by atoms with E-state index in [2.05, 4.69) is 32.3 Å². The monoisotopic (exact) mass is 532 g/mol. The molecular formula is C28H29ClN6O3. The van der Waals surface area contributed by atoms with Crippen molar-refractivity contribution < 1.29 is 9.15 Å². The van der Waals surface area contributed by atoms with E-state index in [9.17, 15) is 4.79 Å². The molecule has 0 fully saturated rings. The summed E-state index contributed by atoms with van der Waals surface area (Å²) in [6.45, 7) is 5.86. The summed E-state index contributed by atoms with van der Waals surface area (Å²) >= 11 is 6.56. The Hall–Kier alpha value is -3.95. The van der Waals surface area contributed by atoms with Crippen LogP contribution in [0.2, 0.25) is 5.02 Å². The molecule has 0 unspecified atom stereocenters. The van der Waals surface area contributed by atoms with Crippen LogP contribution in [0, 0.1) is 0 Å². The highest BCUT2D eigenvalue weighted by Gasteiger charge is 2.27. The van der Waals surface area contributed by atoms with E-state index in [-0.39, 0.29) is 11.6 Å². The molecule has 0 radical (unpaired) electrons. The van der Waals surface area contributed by atoms with Gasteiger partial charge in [-0.15, -0.1) is 5.10 Å². The predicted octanol–water partition coefficient (Wildman–Crippen LogP) is 5.36. The van der Waals surface area contributed by atoms with Crippen LogP contribution in [0.4, 0.5) is 0 Å². The second-order valence-electron chi connectivity index (χ2n) is 9.00. The van der Waals surface area contributed by atoms with Crippen LogP contribution in [-0.2, 0) is 19.6 Å². The summed E-state index contributed by atoms with van der Waals surface area (Å²) in [5, 5.41) is 14.1. The zero-order chi connectivity index (χ0) is 26.5. The molecule has 38 heavy (non-hydrogen) atoms. The SMILES string of the molecule is CCOc1ccc2[nH]c(=O)c(CN(Cc3ccccc3Cl)[C@@H](CC)c3nnnn3Cc3ccco3)cc2c1. The minimum absolute atomic E-state index is 0.143. The van der Waals surface area contributed by atoms with E-state index in [0.717, 1.165) is 28.0 Å². The third-order valence-electron chi connectivity index (χ3n) is 6.48. The van der Waals surface area contributed by atoms with Crippen LogP contribution in [0.25, 0.3) is 10.9 Å². The number of fused-ring (bicyclic) bond motifs is 1. The number of tetrazole rings is 1. The van der Waals surface area contributed by atoms with Gasteiger partial charge in [-0.2, -0.15) is 0 Å². The highest BCUT2D eigenvalue weighted by Crippen LogP contribution is 2.29. The van der Waals surface area contributed by atoms with E-state index in [1.54, 1.807) is 10.9 Å². The van der Waals surface area contributed by atoms with Crippen LogP contribution in [0.1, 0.15) is 49.0 Å². The van der Waals surface area contributed by atoms with Crippen molar-refractivity contribution in [2.75, 3.05) is 6.61 Å². The zero-order valence-electron chi connectivity index (χ0n) is 21.3. The van der Waals surface area contributed by atoms with Crippen molar-refractivity contribution >= 4 is 22.5 Å². The fourth-order valence-electron chi connectivity index (χ4n) is 4.66. The molecule has 0 bridgehead atoms. The van der Waals surface area contributed by atoms with Crippen LogP contribution < -0.4 is 10.3 Å². The third-order valence-corrected chi connectivity index (χ3v) is 6.85. The van der Waals surface area contributed by atoms with Crippen molar-refractivity contribution in [1.82, 2.24) is 30.1 Å². The summed E-state index contributed by atoms with van der Waals surface area (Å²) < 4.78 is 12.9. The Balaban J connectivity index is 1.53. The van der Waals surface area contributed by atoms with Gasteiger partial charge in [0.2, 0.25) is 0 Å². The number of aromatic amines is 1. The number of halogens is 1. The van der Waals surface area contributed by atoms with Crippen molar-refractivity contribution in [3.8, 4) is 5.75 Å². The molecule has 0 aliphatic heterocycles. The number of H-pyrrole nitrogens is 1. The maximum Gasteiger partial charge on any atom is 0.252 e. The number of rotatable bonds is 11. The van der Waals surface area contributed by atoms with Gasteiger partial charge < -0.3 is 14.1 Å². The third kappa shape index (κ3) is 5.64. The summed E-state index contributed by atoms with van der Waals surface area (Å²) in [4.78, 5) is 18.4. The molecule has 1 N–H and O–H groups in total.